The zero-order valence-corrected chi connectivity index (χ0v) is 12.6. The minimum absolute atomic E-state index is 0.209. The van der Waals surface area contributed by atoms with E-state index in [9.17, 15) is 4.79 Å². The molecule has 3 rings (SSSR count). The smallest absolute Gasteiger partial charge is 0.224 e. The normalized spacial score (nSPS) is 15.2. The van der Waals surface area contributed by atoms with Gasteiger partial charge in [-0.3, -0.25) is 4.79 Å². The Morgan fingerprint density at radius 1 is 1.35 bits per heavy atom. The van der Waals surface area contributed by atoms with Crippen molar-refractivity contribution in [2.75, 3.05) is 13.1 Å². The van der Waals surface area contributed by atoms with Gasteiger partial charge in [0.15, 0.2) is 4.77 Å². The van der Waals surface area contributed by atoms with E-state index in [0.29, 0.717) is 22.8 Å². The topological polar surface area (TPSA) is 41.0 Å². The van der Waals surface area contributed by atoms with E-state index in [-0.39, 0.29) is 5.91 Å². The Bertz CT molecular complexity index is 700. The highest BCUT2D eigenvalue weighted by Gasteiger charge is 2.18. The van der Waals surface area contributed by atoms with E-state index >= 15 is 0 Å². The van der Waals surface area contributed by atoms with Crippen molar-refractivity contribution in [1.82, 2.24) is 14.5 Å². The summed E-state index contributed by atoms with van der Waals surface area (Å²) in [6.45, 7) is 2.38. The molecule has 4 nitrogen and oxygen atoms in total. The molecule has 1 fully saturated rings. The maximum Gasteiger partial charge on any atom is 0.224 e. The van der Waals surface area contributed by atoms with E-state index in [1.54, 1.807) is 0 Å². The number of hydrogen-bond acceptors (Lipinski definition) is 2. The highest BCUT2D eigenvalue weighted by Crippen LogP contribution is 2.23. The molecule has 1 N–H and O–H groups in total. The monoisotopic (exact) mass is 309 g/mol. The molecule has 0 aliphatic carbocycles. The van der Waals surface area contributed by atoms with E-state index in [1.807, 2.05) is 27.7 Å². The van der Waals surface area contributed by atoms with Crippen LogP contribution in [-0.4, -0.2) is 33.4 Å². The van der Waals surface area contributed by atoms with Crippen molar-refractivity contribution in [1.29, 1.82) is 0 Å². The summed E-state index contributed by atoms with van der Waals surface area (Å²) in [5.74, 6) is 0.209. The summed E-state index contributed by atoms with van der Waals surface area (Å²) in [4.78, 5) is 17.1. The van der Waals surface area contributed by atoms with Gasteiger partial charge < -0.3 is 14.5 Å². The molecular formula is C14H16ClN3OS. The number of aryl methyl sites for hydroxylation is 1. The molecule has 106 valence electrons. The Kier molecular flexibility index (Phi) is 3.81. The molecule has 1 aromatic heterocycles. The van der Waals surface area contributed by atoms with Crippen molar-refractivity contribution in [3.63, 3.8) is 0 Å². The summed E-state index contributed by atoms with van der Waals surface area (Å²) >= 11 is 11.5. The quantitative estimate of drug-likeness (QED) is 0.883. The van der Waals surface area contributed by atoms with Crippen molar-refractivity contribution in [3.8, 4) is 0 Å². The molecule has 0 spiro atoms. The van der Waals surface area contributed by atoms with Crippen molar-refractivity contribution in [2.45, 2.75) is 25.8 Å². The lowest BCUT2D eigenvalue weighted by molar-refractivity contribution is -0.130. The maximum atomic E-state index is 12.1. The van der Waals surface area contributed by atoms with Gasteiger partial charge in [0, 0.05) is 26.1 Å². The van der Waals surface area contributed by atoms with E-state index < -0.39 is 0 Å². The van der Waals surface area contributed by atoms with Crippen LogP contribution >= 0.6 is 23.8 Å². The van der Waals surface area contributed by atoms with E-state index in [2.05, 4.69) is 4.98 Å². The molecule has 0 bridgehead atoms. The molecule has 0 atom stereocenters. The zero-order chi connectivity index (χ0) is 14.1. The van der Waals surface area contributed by atoms with E-state index in [4.69, 9.17) is 23.8 Å². The van der Waals surface area contributed by atoms with Gasteiger partial charge in [0.2, 0.25) is 5.91 Å². The second kappa shape index (κ2) is 5.58. The number of nitrogens with zero attached hydrogens (tertiary/aromatic N) is 2. The van der Waals surface area contributed by atoms with Crippen LogP contribution in [0.5, 0.6) is 0 Å². The third-order valence-electron chi connectivity index (χ3n) is 3.77. The van der Waals surface area contributed by atoms with Crippen molar-refractivity contribution in [3.05, 3.63) is 28.0 Å². The van der Waals surface area contributed by atoms with Crippen LogP contribution in [0, 0.1) is 4.77 Å². The van der Waals surface area contributed by atoms with Crippen LogP contribution in [0.4, 0.5) is 0 Å². The minimum atomic E-state index is 0.209. The molecule has 6 heteroatoms. The Hall–Kier alpha value is -1.33. The van der Waals surface area contributed by atoms with Gasteiger partial charge in [-0.2, -0.15) is 0 Å². The lowest BCUT2D eigenvalue weighted by Crippen LogP contribution is -2.28. The van der Waals surface area contributed by atoms with Crippen LogP contribution in [-0.2, 0) is 11.3 Å². The van der Waals surface area contributed by atoms with Crippen molar-refractivity contribution >= 4 is 40.8 Å². The van der Waals surface area contributed by atoms with Crippen LogP contribution in [0.25, 0.3) is 11.0 Å². The van der Waals surface area contributed by atoms with Gasteiger partial charge in [-0.15, -0.1) is 0 Å². The number of H-pyrrole nitrogens is 1. The number of para-hydroxylation sites is 1. The number of likely N-dealkylation sites (tertiary alicyclic amines) is 1. The fraction of sp³-hybridized carbons (Fsp3) is 0.429. The number of amides is 1. The second-order valence-electron chi connectivity index (χ2n) is 5.05. The molecule has 2 aromatic rings. The number of benzene rings is 1. The summed E-state index contributed by atoms with van der Waals surface area (Å²) < 4.78 is 2.56. The molecule has 1 aliphatic heterocycles. The van der Waals surface area contributed by atoms with Crippen molar-refractivity contribution < 1.29 is 4.79 Å². The first-order valence-corrected chi connectivity index (χ1v) is 7.60. The molecule has 0 saturated carbocycles. The molecule has 0 radical (unpaired) electrons. The zero-order valence-electron chi connectivity index (χ0n) is 11.1. The largest absolute Gasteiger partial charge is 0.343 e. The molecule has 20 heavy (non-hydrogen) atoms. The van der Waals surface area contributed by atoms with Gasteiger partial charge in [0.05, 0.1) is 16.1 Å². The first-order chi connectivity index (χ1) is 9.66. The van der Waals surface area contributed by atoms with Gasteiger partial charge in [-0.25, -0.2) is 0 Å². The van der Waals surface area contributed by atoms with Crippen molar-refractivity contribution in [2.24, 2.45) is 0 Å². The highest BCUT2D eigenvalue weighted by atomic mass is 35.5. The third kappa shape index (κ3) is 2.47. The number of halogens is 1. The molecule has 2 heterocycles. The molecule has 1 amide bonds. The van der Waals surface area contributed by atoms with Crippen LogP contribution in [0.3, 0.4) is 0 Å². The molecule has 0 unspecified atom stereocenters. The van der Waals surface area contributed by atoms with Gasteiger partial charge >= 0.3 is 0 Å². The lowest BCUT2D eigenvalue weighted by Gasteiger charge is -2.15. The number of carbonyl (C=O) groups excluding carboxylic acids is 1. The second-order valence-corrected chi connectivity index (χ2v) is 5.85. The number of carbonyl (C=O) groups is 1. The highest BCUT2D eigenvalue weighted by molar-refractivity contribution is 7.71. The number of aromatic nitrogens is 2. The Balaban J connectivity index is 1.80. The third-order valence-corrected chi connectivity index (χ3v) is 4.40. The van der Waals surface area contributed by atoms with Crippen LogP contribution in [0.1, 0.15) is 19.3 Å². The Morgan fingerprint density at radius 3 is 2.85 bits per heavy atom. The Morgan fingerprint density at radius 2 is 2.10 bits per heavy atom. The van der Waals surface area contributed by atoms with E-state index in [0.717, 1.165) is 37.0 Å². The average Bonchev–Trinajstić information content (AvgIpc) is 3.05. The number of rotatable bonds is 3. The summed E-state index contributed by atoms with van der Waals surface area (Å²) in [7, 11) is 0. The fourth-order valence-electron chi connectivity index (χ4n) is 2.70. The van der Waals surface area contributed by atoms with Gasteiger partial charge in [0.1, 0.15) is 0 Å². The number of aromatic amines is 1. The predicted molar refractivity (Wildman–Crippen MR) is 82.6 cm³/mol. The van der Waals surface area contributed by atoms with Crippen LogP contribution in [0.15, 0.2) is 18.2 Å². The van der Waals surface area contributed by atoms with Gasteiger partial charge in [-0.05, 0) is 37.2 Å². The average molecular weight is 310 g/mol. The SMILES string of the molecule is O=C(CCn1c(=S)[nH]c2c(Cl)cccc21)N1CCCC1. The summed E-state index contributed by atoms with van der Waals surface area (Å²) in [6, 6.07) is 5.69. The standard InChI is InChI=1S/C14H16ClN3OS/c15-10-4-3-5-11-13(10)16-14(20)18(11)9-6-12(19)17-7-1-2-8-17/h3-5H,1-2,6-9H2,(H,16,20). The molecule has 1 aromatic carbocycles. The first kappa shape index (κ1) is 13.6. The maximum absolute atomic E-state index is 12.1. The van der Waals surface area contributed by atoms with Crippen LogP contribution in [0.2, 0.25) is 5.02 Å². The van der Waals surface area contributed by atoms with Gasteiger partial charge in [-0.1, -0.05) is 17.7 Å². The Labute approximate surface area is 127 Å². The fourth-order valence-corrected chi connectivity index (χ4v) is 3.21. The summed E-state index contributed by atoms with van der Waals surface area (Å²) in [6.07, 6.45) is 2.72. The lowest BCUT2D eigenvalue weighted by atomic mass is 10.3. The van der Waals surface area contributed by atoms with E-state index in [1.165, 1.54) is 0 Å². The molecule has 1 saturated heterocycles. The first-order valence-electron chi connectivity index (χ1n) is 6.81. The number of nitrogens with one attached hydrogen (secondary N) is 1. The predicted octanol–water partition coefficient (Wildman–Crippen LogP) is 3.36. The summed E-state index contributed by atoms with van der Waals surface area (Å²) in [5.41, 5.74) is 1.80. The molecule has 1 aliphatic rings. The number of hydrogen-bond donors (Lipinski definition) is 1. The number of fused-ring (bicyclic) bond motifs is 1. The minimum Gasteiger partial charge on any atom is -0.343 e. The van der Waals surface area contributed by atoms with Crippen LogP contribution < -0.4 is 0 Å². The van der Waals surface area contributed by atoms with Gasteiger partial charge in [0.25, 0.3) is 0 Å². The number of imidazole rings is 1. The summed E-state index contributed by atoms with van der Waals surface area (Å²) in [5, 5.41) is 0.651. The molecular weight excluding hydrogens is 294 g/mol.